The molecule has 1 amide bonds. The maximum atomic E-state index is 13.0. The Kier molecular flexibility index (Phi) is 5.64. The van der Waals surface area contributed by atoms with Gasteiger partial charge in [0.1, 0.15) is 6.61 Å². The molecular weight excluding hydrogens is 422 g/mol. The van der Waals surface area contributed by atoms with Crippen molar-refractivity contribution in [1.29, 1.82) is 0 Å². The molecule has 1 aliphatic heterocycles. The van der Waals surface area contributed by atoms with Gasteiger partial charge < -0.3 is 14.2 Å². The molecule has 0 bridgehead atoms. The lowest BCUT2D eigenvalue weighted by molar-refractivity contribution is 0.0588. The third-order valence-electron chi connectivity index (χ3n) is 4.00. The van der Waals surface area contributed by atoms with Crippen LogP contribution in [-0.2, 0) is 9.47 Å². The number of ether oxygens (including phenoxy) is 3. The van der Waals surface area contributed by atoms with Crippen molar-refractivity contribution < 1.29 is 23.8 Å². The van der Waals surface area contributed by atoms with E-state index in [9.17, 15) is 14.4 Å². The van der Waals surface area contributed by atoms with Gasteiger partial charge >= 0.3 is 17.6 Å². The van der Waals surface area contributed by atoms with Crippen LogP contribution in [0.4, 0.5) is 10.5 Å². The van der Waals surface area contributed by atoms with Gasteiger partial charge in [-0.15, -0.1) is 0 Å². The summed E-state index contributed by atoms with van der Waals surface area (Å²) in [6, 6.07) is 1.63. The number of halogens is 1. The number of hydrogen-bond donors (Lipinski definition) is 0. The Labute approximate surface area is 163 Å². The highest BCUT2D eigenvalue weighted by atomic mass is 79.9. The molecule has 1 saturated heterocycles. The predicted octanol–water partition coefficient (Wildman–Crippen LogP) is 2.38. The first-order chi connectivity index (χ1) is 13.0. The van der Waals surface area contributed by atoms with E-state index >= 15 is 0 Å². The Morgan fingerprint density at radius 1 is 1.41 bits per heavy atom. The molecule has 0 atom stereocenters. The van der Waals surface area contributed by atoms with Gasteiger partial charge in [0.05, 0.1) is 25.9 Å². The van der Waals surface area contributed by atoms with Crippen LogP contribution in [0.5, 0.6) is 5.75 Å². The lowest BCUT2D eigenvalue weighted by atomic mass is 10.3. The van der Waals surface area contributed by atoms with Gasteiger partial charge in [-0.25, -0.2) is 14.6 Å². The summed E-state index contributed by atoms with van der Waals surface area (Å²) in [5, 5.41) is 0. The van der Waals surface area contributed by atoms with Gasteiger partial charge in [0.15, 0.2) is 11.3 Å². The highest BCUT2D eigenvalue weighted by Crippen LogP contribution is 2.28. The number of carbonyl (C=O) groups is 2. The topological polar surface area (TPSA) is 99.4 Å². The van der Waals surface area contributed by atoms with Gasteiger partial charge in [-0.2, -0.15) is 0 Å². The second kappa shape index (κ2) is 7.95. The first-order valence-electron chi connectivity index (χ1n) is 8.39. The smallest absolute Gasteiger partial charge is 0.414 e. The summed E-state index contributed by atoms with van der Waals surface area (Å²) in [6.07, 6.45) is 2.53. The van der Waals surface area contributed by atoms with Crippen molar-refractivity contribution in [3.8, 4) is 5.75 Å². The van der Waals surface area contributed by atoms with E-state index < -0.39 is 17.6 Å². The SMILES string of the molecule is CCCCOc1c(C(=O)OC)nc2c(N3CCOC3=O)cc(Br)cn2c1=O. The summed E-state index contributed by atoms with van der Waals surface area (Å²) in [6.45, 7) is 2.78. The van der Waals surface area contributed by atoms with Crippen molar-refractivity contribution >= 4 is 39.3 Å². The highest BCUT2D eigenvalue weighted by molar-refractivity contribution is 9.10. The first kappa shape index (κ1) is 19.2. The van der Waals surface area contributed by atoms with Gasteiger partial charge in [-0.3, -0.25) is 14.1 Å². The fourth-order valence-electron chi connectivity index (χ4n) is 2.67. The Balaban J connectivity index is 2.25. The number of cyclic esters (lactones) is 1. The van der Waals surface area contributed by atoms with Gasteiger partial charge in [-0.1, -0.05) is 13.3 Å². The minimum Gasteiger partial charge on any atom is -0.486 e. The fraction of sp³-hybridized carbons (Fsp3) is 0.412. The maximum absolute atomic E-state index is 13.0. The maximum Gasteiger partial charge on any atom is 0.414 e. The van der Waals surface area contributed by atoms with E-state index in [-0.39, 0.29) is 30.3 Å². The molecular formula is C17H18BrN3O6. The molecule has 0 unspecified atom stereocenters. The fourth-order valence-corrected chi connectivity index (χ4v) is 3.09. The molecule has 27 heavy (non-hydrogen) atoms. The van der Waals surface area contributed by atoms with Crippen LogP contribution in [0.15, 0.2) is 21.5 Å². The monoisotopic (exact) mass is 439 g/mol. The van der Waals surface area contributed by atoms with E-state index in [0.29, 0.717) is 23.1 Å². The van der Waals surface area contributed by atoms with E-state index in [0.717, 1.165) is 6.42 Å². The minimum atomic E-state index is -0.793. The molecule has 0 radical (unpaired) electrons. The van der Waals surface area contributed by atoms with E-state index in [2.05, 4.69) is 20.9 Å². The van der Waals surface area contributed by atoms with Gasteiger partial charge in [0.2, 0.25) is 5.75 Å². The molecule has 9 nitrogen and oxygen atoms in total. The van der Waals surface area contributed by atoms with Gasteiger partial charge in [0.25, 0.3) is 0 Å². The van der Waals surface area contributed by atoms with Crippen molar-refractivity contribution in [3.05, 3.63) is 32.8 Å². The molecule has 1 fully saturated rings. The largest absolute Gasteiger partial charge is 0.486 e. The van der Waals surface area contributed by atoms with Crippen LogP contribution < -0.4 is 15.2 Å². The number of amides is 1. The predicted molar refractivity (Wildman–Crippen MR) is 99.6 cm³/mol. The van der Waals surface area contributed by atoms with E-state index in [1.54, 1.807) is 6.07 Å². The van der Waals surface area contributed by atoms with Crippen LogP contribution in [0.2, 0.25) is 0 Å². The van der Waals surface area contributed by atoms with Gasteiger partial charge in [-0.05, 0) is 28.4 Å². The summed E-state index contributed by atoms with van der Waals surface area (Å²) in [5.41, 5.74) is -0.319. The summed E-state index contributed by atoms with van der Waals surface area (Å²) < 4.78 is 17.1. The van der Waals surface area contributed by atoms with E-state index in [1.807, 2.05) is 6.92 Å². The third-order valence-corrected chi connectivity index (χ3v) is 4.44. The Morgan fingerprint density at radius 2 is 2.19 bits per heavy atom. The second-order valence-electron chi connectivity index (χ2n) is 5.79. The number of fused-ring (bicyclic) bond motifs is 1. The molecule has 2 aromatic rings. The molecule has 1 aliphatic rings. The molecule has 3 rings (SSSR count). The Morgan fingerprint density at radius 3 is 2.81 bits per heavy atom. The summed E-state index contributed by atoms with van der Waals surface area (Å²) in [5.74, 6) is -0.972. The summed E-state index contributed by atoms with van der Waals surface area (Å²) >= 11 is 3.34. The first-order valence-corrected chi connectivity index (χ1v) is 9.18. The molecule has 144 valence electrons. The van der Waals surface area contributed by atoms with Crippen LogP contribution in [0.1, 0.15) is 30.3 Å². The molecule has 10 heteroatoms. The number of esters is 1. The van der Waals surface area contributed by atoms with E-state index in [4.69, 9.17) is 14.2 Å². The lowest BCUT2D eigenvalue weighted by Gasteiger charge is -2.17. The van der Waals surface area contributed by atoms with Crippen LogP contribution in [-0.4, -0.2) is 48.3 Å². The molecule has 0 aromatic carbocycles. The normalized spacial score (nSPS) is 13.7. The average molecular weight is 440 g/mol. The number of unbranched alkanes of at least 4 members (excludes halogenated alkanes) is 1. The molecule has 0 saturated carbocycles. The number of anilines is 1. The summed E-state index contributed by atoms with van der Waals surface area (Å²) in [7, 11) is 1.20. The van der Waals surface area contributed by atoms with Crippen molar-refractivity contribution in [2.75, 3.05) is 31.8 Å². The number of hydrogen-bond acceptors (Lipinski definition) is 7. The summed E-state index contributed by atoms with van der Waals surface area (Å²) in [4.78, 5) is 42.8. The third kappa shape index (κ3) is 3.61. The van der Waals surface area contributed by atoms with Crippen molar-refractivity contribution in [3.63, 3.8) is 0 Å². The van der Waals surface area contributed by atoms with Gasteiger partial charge in [0, 0.05) is 10.7 Å². The number of carbonyl (C=O) groups excluding carboxylic acids is 2. The average Bonchev–Trinajstić information content (AvgIpc) is 3.08. The standard InChI is InChI=1S/C17H18BrN3O6/c1-3-4-6-26-13-12(16(23)25-2)19-14-11(20-5-7-27-17(20)24)8-10(18)9-21(14)15(13)22/h8-9H,3-7H2,1-2H3. The molecule has 3 heterocycles. The van der Waals surface area contributed by atoms with Crippen LogP contribution in [0.3, 0.4) is 0 Å². The number of aromatic nitrogens is 2. The lowest BCUT2D eigenvalue weighted by Crippen LogP contribution is -2.28. The zero-order valence-electron chi connectivity index (χ0n) is 14.9. The minimum absolute atomic E-state index is 0.130. The zero-order chi connectivity index (χ0) is 19.6. The molecule has 2 aromatic heterocycles. The second-order valence-corrected chi connectivity index (χ2v) is 6.71. The quantitative estimate of drug-likeness (QED) is 0.502. The van der Waals surface area contributed by atoms with E-state index in [1.165, 1.54) is 22.6 Å². The number of rotatable bonds is 6. The number of methoxy groups -OCH3 is 1. The number of nitrogens with zero attached hydrogens (tertiary/aromatic N) is 3. The van der Waals surface area contributed by atoms with Crippen LogP contribution >= 0.6 is 15.9 Å². The van der Waals surface area contributed by atoms with Crippen LogP contribution in [0.25, 0.3) is 5.65 Å². The van der Waals surface area contributed by atoms with Crippen molar-refractivity contribution in [1.82, 2.24) is 9.38 Å². The Bertz CT molecular complexity index is 958. The molecule has 0 N–H and O–H groups in total. The Hall–Kier alpha value is -2.62. The molecule has 0 aliphatic carbocycles. The molecule has 0 spiro atoms. The number of pyridine rings is 1. The van der Waals surface area contributed by atoms with Crippen molar-refractivity contribution in [2.24, 2.45) is 0 Å². The van der Waals surface area contributed by atoms with Crippen molar-refractivity contribution in [2.45, 2.75) is 19.8 Å². The van der Waals surface area contributed by atoms with Crippen LogP contribution in [0, 0.1) is 0 Å². The zero-order valence-corrected chi connectivity index (χ0v) is 16.4. The highest BCUT2D eigenvalue weighted by Gasteiger charge is 2.29.